The van der Waals surface area contributed by atoms with Crippen molar-refractivity contribution in [2.24, 2.45) is 0 Å². The molecule has 2 rings (SSSR count). The third-order valence-electron chi connectivity index (χ3n) is 2.58. The fourth-order valence-corrected chi connectivity index (χ4v) is 1.67. The minimum atomic E-state index is -0.350. The molecule has 0 spiro atoms. The van der Waals surface area contributed by atoms with Crippen LogP contribution in [0.5, 0.6) is 5.75 Å². The van der Waals surface area contributed by atoms with E-state index in [-0.39, 0.29) is 23.6 Å². The standard InChI is InChI=1S/C13H12FNO3/c1-18-13-7-15(11(8-16)6-12(13)17)10-4-2-9(14)3-5-10/h2-7,16H,8H2,1H3. The maximum absolute atomic E-state index is 12.9. The number of benzene rings is 1. The van der Waals surface area contributed by atoms with Gasteiger partial charge in [0, 0.05) is 11.8 Å². The first-order valence-corrected chi connectivity index (χ1v) is 5.32. The van der Waals surface area contributed by atoms with Crippen molar-refractivity contribution in [3.63, 3.8) is 0 Å². The van der Waals surface area contributed by atoms with E-state index < -0.39 is 0 Å². The summed E-state index contributed by atoms with van der Waals surface area (Å²) >= 11 is 0. The molecule has 0 bridgehead atoms. The third-order valence-corrected chi connectivity index (χ3v) is 2.58. The summed E-state index contributed by atoms with van der Waals surface area (Å²) in [7, 11) is 1.39. The minimum Gasteiger partial charge on any atom is -0.491 e. The number of rotatable bonds is 3. The van der Waals surface area contributed by atoms with Gasteiger partial charge in [-0.2, -0.15) is 0 Å². The van der Waals surface area contributed by atoms with E-state index in [1.807, 2.05) is 0 Å². The Bertz CT molecular complexity index is 605. The number of methoxy groups -OCH3 is 1. The predicted molar refractivity (Wildman–Crippen MR) is 64.5 cm³/mol. The topological polar surface area (TPSA) is 51.5 Å². The zero-order valence-electron chi connectivity index (χ0n) is 9.76. The number of hydrogen-bond acceptors (Lipinski definition) is 3. The van der Waals surface area contributed by atoms with Gasteiger partial charge < -0.3 is 14.4 Å². The second kappa shape index (κ2) is 5.01. The molecule has 0 radical (unpaired) electrons. The van der Waals surface area contributed by atoms with Crippen LogP contribution < -0.4 is 10.2 Å². The lowest BCUT2D eigenvalue weighted by molar-refractivity contribution is 0.273. The monoisotopic (exact) mass is 249 g/mol. The van der Waals surface area contributed by atoms with Crippen molar-refractivity contribution in [1.29, 1.82) is 0 Å². The normalized spacial score (nSPS) is 10.4. The van der Waals surface area contributed by atoms with Crippen LogP contribution in [0.3, 0.4) is 0 Å². The summed E-state index contributed by atoms with van der Waals surface area (Å²) < 4.78 is 19.4. The quantitative estimate of drug-likeness (QED) is 0.896. The highest BCUT2D eigenvalue weighted by Gasteiger charge is 2.08. The molecule has 0 saturated carbocycles. The van der Waals surface area contributed by atoms with E-state index >= 15 is 0 Å². The average Bonchev–Trinajstić information content (AvgIpc) is 2.39. The van der Waals surface area contributed by atoms with Crippen LogP contribution in [-0.4, -0.2) is 16.8 Å². The Kier molecular flexibility index (Phi) is 3.43. The maximum Gasteiger partial charge on any atom is 0.223 e. The zero-order valence-corrected chi connectivity index (χ0v) is 9.76. The maximum atomic E-state index is 12.9. The Balaban J connectivity index is 2.61. The SMILES string of the molecule is COc1cn(-c2ccc(F)cc2)c(CO)cc1=O. The third kappa shape index (κ3) is 2.26. The molecule has 1 N–H and O–H groups in total. The lowest BCUT2D eigenvalue weighted by Gasteiger charge is -2.13. The molecule has 4 nitrogen and oxygen atoms in total. The number of hydrogen-bond donors (Lipinski definition) is 1. The van der Waals surface area contributed by atoms with Crippen LogP contribution in [0.25, 0.3) is 5.69 Å². The highest BCUT2D eigenvalue weighted by Crippen LogP contribution is 2.15. The van der Waals surface area contributed by atoms with Crippen molar-refractivity contribution >= 4 is 0 Å². The Labute approximate surface area is 103 Å². The molecule has 0 aliphatic rings. The highest BCUT2D eigenvalue weighted by atomic mass is 19.1. The molecule has 2 aromatic rings. The molecule has 94 valence electrons. The minimum absolute atomic E-state index is 0.163. The van der Waals surface area contributed by atoms with Crippen molar-refractivity contribution in [3.8, 4) is 11.4 Å². The van der Waals surface area contributed by atoms with Gasteiger partial charge in [0.15, 0.2) is 5.75 Å². The molecule has 0 amide bonds. The van der Waals surface area contributed by atoms with Gasteiger partial charge in [-0.3, -0.25) is 4.79 Å². The first kappa shape index (κ1) is 12.3. The molecule has 5 heteroatoms. The Hall–Kier alpha value is -2.14. The number of aliphatic hydroxyl groups excluding tert-OH is 1. The molecule has 0 unspecified atom stereocenters. The van der Waals surface area contributed by atoms with Gasteiger partial charge in [0.25, 0.3) is 0 Å². The fraction of sp³-hybridized carbons (Fsp3) is 0.154. The summed E-state index contributed by atoms with van der Waals surface area (Å²) in [4.78, 5) is 11.6. The highest BCUT2D eigenvalue weighted by molar-refractivity contribution is 5.37. The molecule has 0 aliphatic carbocycles. The summed E-state index contributed by atoms with van der Waals surface area (Å²) in [5, 5.41) is 9.25. The van der Waals surface area contributed by atoms with Crippen molar-refractivity contribution < 1.29 is 14.2 Å². The second-order valence-electron chi connectivity index (χ2n) is 3.70. The van der Waals surface area contributed by atoms with Crippen molar-refractivity contribution in [2.75, 3.05) is 7.11 Å². The van der Waals surface area contributed by atoms with Crippen LogP contribution in [0.4, 0.5) is 4.39 Å². The van der Waals surface area contributed by atoms with E-state index in [1.165, 1.54) is 31.5 Å². The summed E-state index contributed by atoms with van der Waals surface area (Å²) in [5.41, 5.74) is 0.742. The Morgan fingerprint density at radius 3 is 2.56 bits per heavy atom. The molecular weight excluding hydrogens is 237 g/mol. The summed E-state index contributed by atoms with van der Waals surface area (Å²) in [6, 6.07) is 7.02. The van der Waals surface area contributed by atoms with Gasteiger partial charge in [-0.25, -0.2) is 4.39 Å². The molecule has 0 saturated heterocycles. The first-order chi connectivity index (χ1) is 8.65. The molecule has 1 aromatic heterocycles. The van der Waals surface area contributed by atoms with Crippen LogP contribution in [0.15, 0.2) is 41.3 Å². The van der Waals surface area contributed by atoms with E-state index in [0.29, 0.717) is 11.4 Å². The van der Waals surface area contributed by atoms with Gasteiger partial charge in [0.1, 0.15) is 5.82 Å². The summed E-state index contributed by atoms with van der Waals surface area (Å²) in [5.74, 6) is -0.186. The van der Waals surface area contributed by atoms with Crippen LogP contribution in [-0.2, 0) is 6.61 Å². The summed E-state index contributed by atoms with van der Waals surface area (Å²) in [6.45, 7) is -0.295. The molecule has 0 aliphatic heterocycles. The number of aromatic nitrogens is 1. The Morgan fingerprint density at radius 1 is 1.33 bits per heavy atom. The van der Waals surface area contributed by atoms with Crippen LogP contribution in [0.2, 0.25) is 0 Å². The molecule has 0 atom stereocenters. The Morgan fingerprint density at radius 2 is 2.00 bits per heavy atom. The van der Waals surface area contributed by atoms with Crippen molar-refractivity contribution in [1.82, 2.24) is 4.57 Å². The summed E-state index contributed by atoms with van der Waals surface area (Å²) in [6.07, 6.45) is 1.47. The van der Waals surface area contributed by atoms with Gasteiger partial charge in [-0.05, 0) is 24.3 Å². The average molecular weight is 249 g/mol. The number of halogens is 1. The van der Waals surface area contributed by atoms with E-state index in [0.717, 1.165) is 0 Å². The van der Waals surface area contributed by atoms with Gasteiger partial charge in [0.2, 0.25) is 5.43 Å². The van der Waals surface area contributed by atoms with E-state index in [1.54, 1.807) is 16.7 Å². The largest absolute Gasteiger partial charge is 0.491 e. The predicted octanol–water partition coefficient (Wildman–Crippen LogP) is 1.48. The van der Waals surface area contributed by atoms with E-state index in [4.69, 9.17) is 4.74 Å². The van der Waals surface area contributed by atoms with E-state index in [2.05, 4.69) is 0 Å². The van der Waals surface area contributed by atoms with Crippen LogP contribution in [0, 0.1) is 5.82 Å². The second-order valence-corrected chi connectivity index (χ2v) is 3.70. The molecule has 1 aromatic carbocycles. The number of nitrogens with zero attached hydrogens (tertiary/aromatic N) is 1. The van der Waals surface area contributed by atoms with Gasteiger partial charge in [0.05, 0.1) is 25.6 Å². The lowest BCUT2D eigenvalue weighted by atomic mass is 10.2. The number of pyridine rings is 1. The molecule has 1 heterocycles. The van der Waals surface area contributed by atoms with Crippen molar-refractivity contribution in [3.05, 3.63) is 58.3 Å². The lowest BCUT2D eigenvalue weighted by Crippen LogP contribution is -2.13. The van der Waals surface area contributed by atoms with Gasteiger partial charge >= 0.3 is 0 Å². The van der Waals surface area contributed by atoms with Crippen LogP contribution >= 0.6 is 0 Å². The fourth-order valence-electron chi connectivity index (χ4n) is 1.67. The molecule has 18 heavy (non-hydrogen) atoms. The number of ether oxygens (including phenoxy) is 1. The number of aliphatic hydroxyl groups is 1. The van der Waals surface area contributed by atoms with E-state index in [9.17, 15) is 14.3 Å². The molecular formula is C13H12FNO3. The van der Waals surface area contributed by atoms with Gasteiger partial charge in [-0.1, -0.05) is 0 Å². The first-order valence-electron chi connectivity index (χ1n) is 5.32. The zero-order chi connectivity index (χ0) is 13.1. The van der Waals surface area contributed by atoms with Gasteiger partial charge in [-0.15, -0.1) is 0 Å². The smallest absolute Gasteiger partial charge is 0.223 e. The molecule has 0 fully saturated rings. The van der Waals surface area contributed by atoms with Crippen LogP contribution in [0.1, 0.15) is 5.69 Å². The van der Waals surface area contributed by atoms with Crippen molar-refractivity contribution in [2.45, 2.75) is 6.61 Å².